The number of nitrogens with zero attached hydrogens (tertiary/aromatic N) is 3. The van der Waals surface area contributed by atoms with Crippen LogP contribution in [0.15, 0.2) is 30.5 Å². The third kappa shape index (κ3) is 3.62. The molecule has 116 valence electrons. The molecule has 2 aromatic rings. The van der Waals surface area contributed by atoms with Gasteiger partial charge in [0.05, 0.1) is 21.7 Å². The fourth-order valence-electron chi connectivity index (χ4n) is 1.92. The van der Waals surface area contributed by atoms with Gasteiger partial charge in [-0.05, 0) is 12.0 Å². The molecule has 0 saturated heterocycles. The molecule has 7 nitrogen and oxygen atoms in total. The van der Waals surface area contributed by atoms with Gasteiger partial charge in [0, 0.05) is 24.7 Å². The van der Waals surface area contributed by atoms with Crippen molar-refractivity contribution in [1.29, 1.82) is 0 Å². The molecule has 0 bridgehead atoms. The largest absolute Gasteiger partial charge is 0.307 e. The minimum absolute atomic E-state index is 0.0293. The molecule has 0 radical (unpaired) electrons. The number of non-ortho nitro benzene ring substituents is 1. The van der Waals surface area contributed by atoms with E-state index in [0.717, 1.165) is 6.07 Å². The van der Waals surface area contributed by atoms with E-state index in [-0.39, 0.29) is 16.3 Å². The summed E-state index contributed by atoms with van der Waals surface area (Å²) in [6, 6.07) is 5.41. The molecule has 1 aromatic carbocycles. The molecule has 0 aliphatic rings. The number of benzene rings is 1. The fourth-order valence-corrected chi connectivity index (χ4v) is 2.18. The van der Waals surface area contributed by atoms with Crippen LogP contribution in [0.25, 0.3) is 0 Å². The van der Waals surface area contributed by atoms with E-state index in [4.69, 9.17) is 11.6 Å². The molecule has 0 aliphatic heterocycles. The zero-order valence-corrected chi connectivity index (χ0v) is 12.9. The third-order valence-electron chi connectivity index (χ3n) is 2.90. The van der Waals surface area contributed by atoms with Crippen molar-refractivity contribution in [2.24, 2.45) is 5.92 Å². The highest BCUT2D eigenvalue weighted by Gasteiger charge is 2.16. The Bertz CT molecular complexity index is 712. The Morgan fingerprint density at radius 1 is 1.45 bits per heavy atom. The molecule has 1 aromatic heterocycles. The average molecular weight is 323 g/mol. The molecule has 2 rings (SSSR count). The number of halogens is 1. The zero-order chi connectivity index (χ0) is 16.3. The maximum atomic E-state index is 12.2. The van der Waals surface area contributed by atoms with Gasteiger partial charge in [-0.3, -0.25) is 14.9 Å². The van der Waals surface area contributed by atoms with Gasteiger partial charge in [-0.25, -0.2) is 4.68 Å². The maximum absolute atomic E-state index is 12.2. The smallest absolute Gasteiger partial charge is 0.270 e. The van der Waals surface area contributed by atoms with Gasteiger partial charge in [-0.1, -0.05) is 25.4 Å². The summed E-state index contributed by atoms with van der Waals surface area (Å²) in [6.07, 6.45) is 1.59. The number of hydrogen-bond acceptors (Lipinski definition) is 4. The lowest BCUT2D eigenvalue weighted by Crippen LogP contribution is -2.17. The summed E-state index contributed by atoms with van der Waals surface area (Å²) in [5.74, 6) is 0.483. The van der Waals surface area contributed by atoms with Gasteiger partial charge < -0.3 is 5.32 Å². The predicted molar refractivity (Wildman–Crippen MR) is 83.1 cm³/mol. The van der Waals surface area contributed by atoms with Crippen LogP contribution in [0, 0.1) is 16.0 Å². The van der Waals surface area contributed by atoms with Gasteiger partial charge in [0.15, 0.2) is 0 Å². The van der Waals surface area contributed by atoms with E-state index in [0.29, 0.717) is 18.3 Å². The fraction of sp³-hybridized carbons (Fsp3) is 0.286. The minimum atomic E-state index is -0.564. The second kappa shape index (κ2) is 6.57. The van der Waals surface area contributed by atoms with Crippen molar-refractivity contribution in [2.75, 3.05) is 5.32 Å². The number of rotatable bonds is 5. The number of carbonyl (C=O) groups excluding carboxylic acids is 1. The van der Waals surface area contributed by atoms with Crippen LogP contribution >= 0.6 is 11.6 Å². The Kier molecular flexibility index (Phi) is 4.77. The summed E-state index contributed by atoms with van der Waals surface area (Å²) >= 11 is 5.94. The van der Waals surface area contributed by atoms with E-state index in [1.165, 1.54) is 12.1 Å². The van der Waals surface area contributed by atoms with Crippen LogP contribution in [-0.4, -0.2) is 20.6 Å². The van der Waals surface area contributed by atoms with Crippen LogP contribution in [0.3, 0.4) is 0 Å². The second-order valence-corrected chi connectivity index (χ2v) is 5.57. The first-order valence-corrected chi connectivity index (χ1v) is 7.03. The molecule has 0 unspecified atom stereocenters. The van der Waals surface area contributed by atoms with Crippen LogP contribution in [-0.2, 0) is 6.54 Å². The molecule has 1 N–H and O–H groups in total. The zero-order valence-electron chi connectivity index (χ0n) is 12.1. The van der Waals surface area contributed by atoms with Gasteiger partial charge in [0.25, 0.3) is 11.6 Å². The molecule has 0 fully saturated rings. The first-order valence-electron chi connectivity index (χ1n) is 6.65. The lowest BCUT2D eigenvalue weighted by Gasteiger charge is -2.11. The third-order valence-corrected chi connectivity index (χ3v) is 3.22. The van der Waals surface area contributed by atoms with Crippen molar-refractivity contribution < 1.29 is 9.72 Å². The first kappa shape index (κ1) is 16.0. The van der Waals surface area contributed by atoms with Crippen molar-refractivity contribution in [3.63, 3.8) is 0 Å². The number of carbonyl (C=O) groups is 1. The van der Waals surface area contributed by atoms with Crippen molar-refractivity contribution in [3.05, 3.63) is 51.2 Å². The van der Waals surface area contributed by atoms with Crippen molar-refractivity contribution in [3.8, 4) is 0 Å². The number of nitro benzene ring substituents is 1. The Labute approximate surface area is 132 Å². The van der Waals surface area contributed by atoms with Crippen molar-refractivity contribution >= 4 is 29.0 Å². The van der Waals surface area contributed by atoms with Crippen LogP contribution in [0.5, 0.6) is 0 Å². The number of anilines is 1. The quantitative estimate of drug-likeness (QED) is 0.675. The molecular formula is C14H15ClN4O3. The summed E-state index contributed by atoms with van der Waals surface area (Å²) in [7, 11) is 0. The number of hydrogen-bond donors (Lipinski definition) is 1. The molecule has 0 spiro atoms. The number of aromatic nitrogens is 2. The normalized spacial score (nSPS) is 10.7. The number of amides is 1. The van der Waals surface area contributed by atoms with E-state index in [1.807, 2.05) is 13.8 Å². The standard InChI is InChI=1S/C14H15ClN4O3/c1-9(2)8-18-13(5-6-16-18)17-14(20)11-4-3-10(19(21)22)7-12(11)15/h3-7,9H,8H2,1-2H3,(H,17,20). The molecule has 1 heterocycles. The van der Waals surface area contributed by atoms with Gasteiger partial charge in [0.2, 0.25) is 0 Å². The van der Waals surface area contributed by atoms with E-state index in [1.54, 1.807) is 16.9 Å². The first-order chi connectivity index (χ1) is 10.4. The molecule has 0 aliphatic carbocycles. The van der Waals surface area contributed by atoms with E-state index >= 15 is 0 Å². The monoisotopic (exact) mass is 322 g/mol. The average Bonchev–Trinajstić information content (AvgIpc) is 2.84. The Morgan fingerprint density at radius 2 is 2.18 bits per heavy atom. The summed E-state index contributed by atoms with van der Waals surface area (Å²) < 4.78 is 1.68. The van der Waals surface area contributed by atoms with Gasteiger partial charge >= 0.3 is 0 Å². The highest BCUT2D eigenvalue weighted by Crippen LogP contribution is 2.23. The van der Waals surface area contributed by atoms with Crippen LogP contribution in [0.4, 0.5) is 11.5 Å². The molecule has 8 heteroatoms. The maximum Gasteiger partial charge on any atom is 0.270 e. The molecule has 1 amide bonds. The predicted octanol–water partition coefficient (Wildman–Crippen LogP) is 3.35. The van der Waals surface area contributed by atoms with Gasteiger partial charge in [-0.2, -0.15) is 5.10 Å². The number of nitrogens with one attached hydrogen (secondary N) is 1. The van der Waals surface area contributed by atoms with E-state index in [2.05, 4.69) is 10.4 Å². The summed E-state index contributed by atoms with van der Waals surface area (Å²) in [4.78, 5) is 22.4. The Balaban J connectivity index is 2.19. The van der Waals surface area contributed by atoms with Crippen LogP contribution in [0.2, 0.25) is 5.02 Å². The molecular weight excluding hydrogens is 308 g/mol. The van der Waals surface area contributed by atoms with Crippen LogP contribution in [0.1, 0.15) is 24.2 Å². The van der Waals surface area contributed by atoms with E-state index < -0.39 is 10.8 Å². The Hall–Kier alpha value is -2.41. The lowest BCUT2D eigenvalue weighted by molar-refractivity contribution is -0.384. The van der Waals surface area contributed by atoms with E-state index in [9.17, 15) is 14.9 Å². The highest BCUT2D eigenvalue weighted by atomic mass is 35.5. The van der Waals surface area contributed by atoms with Crippen LogP contribution < -0.4 is 5.32 Å². The topological polar surface area (TPSA) is 90.1 Å². The summed E-state index contributed by atoms with van der Waals surface area (Å²) in [5, 5.41) is 17.6. The van der Waals surface area contributed by atoms with Gasteiger partial charge in [-0.15, -0.1) is 0 Å². The Morgan fingerprint density at radius 3 is 2.77 bits per heavy atom. The van der Waals surface area contributed by atoms with Crippen molar-refractivity contribution in [1.82, 2.24) is 9.78 Å². The highest BCUT2D eigenvalue weighted by molar-refractivity contribution is 6.34. The molecule has 22 heavy (non-hydrogen) atoms. The minimum Gasteiger partial charge on any atom is -0.307 e. The SMILES string of the molecule is CC(C)Cn1nccc1NC(=O)c1ccc([N+](=O)[O-])cc1Cl. The molecule has 0 saturated carbocycles. The number of nitro groups is 1. The molecule has 0 atom stereocenters. The van der Waals surface area contributed by atoms with Crippen molar-refractivity contribution in [2.45, 2.75) is 20.4 Å². The summed E-state index contributed by atoms with van der Waals surface area (Å²) in [6.45, 7) is 4.75. The lowest BCUT2D eigenvalue weighted by atomic mass is 10.2. The second-order valence-electron chi connectivity index (χ2n) is 5.17. The summed E-state index contributed by atoms with van der Waals surface area (Å²) in [5.41, 5.74) is 0.0102. The van der Waals surface area contributed by atoms with Gasteiger partial charge in [0.1, 0.15) is 5.82 Å².